The van der Waals surface area contributed by atoms with Crippen LogP contribution in [0.5, 0.6) is 0 Å². The zero-order chi connectivity index (χ0) is 20.5. The normalized spacial score (nSPS) is 22.6. The topological polar surface area (TPSA) is 64.1 Å². The molecule has 0 aliphatic carbocycles. The lowest BCUT2D eigenvalue weighted by Gasteiger charge is -2.33. The van der Waals surface area contributed by atoms with E-state index >= 15 is 0 Å². The molecule has 1 unspecified atom stereocenters. The van der Waals surface area contributed by atoms with Crippen molar-refractivity contribution in [2.75, 3.05) is 29.1 Å². The van der Waals surface area contributed by atoms with Gasteiger partial charge in [-0.1, -0.05) is 36.4 Å². The molecule has 3 aliphatic rings. The van der Waals surface area contributed by atoms with E-state index in [9.17, 15) is 4.55 Å². The van der Waals surface area contributed by atoms with Crippen molar-refractivity contribution in [3.8, 4) is 0 Å². The molecule has 1 N–H and O–H groups in total. The lowest BCUT2D eigenvalue weighted by Crippen LogP contribution is -2.35. The summed E-state index contributed by atoms with van der Waals surface area (Å²) in [7, 11) is 1.32. The van der Waals surface area contributed by atoms with Crippen LogP contribution in [0.2, 0.25) is 17.7 Å². The zero-order valence-electron chi connectivity index (χ0n) is 17.3. The number of benzene rings is 1. The van der Waals surface area contributed by atoms with E-state index in [-0.39, 0.29) is 0 Å². The van der Waals surface area contributed by atoms with Crippen LogP contribution in [0.1, 0.15) is 42.9 Å². The van der Waals surface area contributed by atoms with Crippen LogP contribution in [-0.4, -0.2) is 46.7 Å². The molecule has 5 nitrogen and oxygen atoms in total. The van der Waals surface area contributed by atoms with Crippen LogP contribution in [0.15, 0.2) is 29.2 Å². The first-order chi connectivity index (χ1) is 14.7. The van der Waals surface area contributed by atoms with Crippen LogP contribution in [0, 0.1) is 0 Å². The number of aryl methyl sites for hydroxylation is 1. The average molecular weight is 443 g/mol. The molecule has 3 aliphatic heterocycles. The van der Waals surface area contributed by atoms with Gasteiger partial charge < -0.3 is 14.8 Å². The SMILES string of the molecule is [O-][S+]1CCc2nc(N3CCC(c4ccc(Cl)cc4)CC3)nc(NC3CCBCC3)c21. The maximum absolute atomic E-state index is 12.6. The zero-order valence-corrected chi connectivity index (χ0v) is 18.9. The molecule has 2 fully saturated rings. The highest BCUT2D eigenvalue weighted by Gasteiger charge is 2.34. The molecule has 30 heavy (non-hydrogen) atoms. The summed E-state index contributed by atoms with van der Waals surface area (Å²) in [4.78, 5) is 12.9. The van der Waals surface area contributed by atoms with Gasteiger partial charge in [-0.3, -0.25) is 0 Å². The Morgan fingerprint density at radius 2 is 1.80 bits per heavy atom. The second-order valence-corrected chi connectivity index (χ2v) is 10.7. The summed E-state index contributed by atoms with van der Waals surface area (Å²) < 4.78 is 12.6. The van der Waals surface area contributed by atoms with Crippen LogP contribution < -0.4 is 10.2 Å². The summed E-state index contributed by atoms with van der Waals surface area (Å²) in [5.41, 5.74) is 2.35. The van der Waals surface area contributed by atoms with Gasteiger partial charge in [0.05, 0.1) is 0 Å². The molecule has 8 heteroatoms. The molecule has 2 saturated heterocycles. The smallest absolute Gasteiger partial charge is 0.227 e. The second kappa shape index (κ2) is 8.97. The van der Waals surface area contributed by atoms with Crippen LogP contribution in [0.25, 0.3) is 0 Å². The minimum Gasteiger partial charge on any atom is -0.611 e. The van der Waals surface area contributed by atoms with Crippen molar-refractivity contribution in [2.45, 2.75) is 61.6 Å². The van der Waals surface area contributed by atoms with E-state index in [0.29, 0.717) is 17.7 Å². The summed E-state index contributed by atoms with van der Waals surface area (Å²) in [6.07, 6.45) is 7.83. The molecule has 158 valence electrons. The third kappa shape index (κ3) is 4.30. The van der Waals surface area contributed by atoms with Crippen molar-refractivity contribution < 1.29 is 4.55 Å². The standard InChI is InChI=1S/C22H28BClN4OS/c24-17-3-1-15(2-4-17)16-7-12-28(13-8-16)22-26-19-9-14-30(29)20(19)21(27-22)25-18-5-10-23-11-6-18/h1-4,16,18,23H,5-14H2,(H,25,26,27). The third-order valence-corrected chi connectivity index (χ3v) is 8.45. The van der Waals surface area contributed by atoms with Crippen LogP contribution in [0.4, 0.5) is 11.8 Å². The van der Waals surface area contributed by atoms with E-state index in [4.69, 9.17) is 21.6 Å². The van der Waals surface area contributed by atoms with Crippen molar-refractivity contribution in [1.82, 2.24) is 9.97 Å². The predicted molar refractivity (Wildman–Crippen MR) is 126 cm³/mol. The number of nitrogens with one attached hydrogen (secondary N) is 1. The molecule has 0 spiro atoms. The maximum Gasteiger partial charge on any atom is 0.227 e. The molecular weight excluding hydrogens is 415 g/mol. The minimum atomic E-state index is -0.976. The molecule has 0 amide bonds. The predicted octanol–water partition coefficient (Wildman–Crippen LogP) is 4.03. The van der Waals surface area contributed by atoms with Crippen molar-refractivity contribution in [3.05, 3.63) is 40.5 Å². The van der Waals surface area contributed by atoms with Gasteiger partial charge in [-0.05, 0) is 60.5 Å². The van der Waals surface area contributed by atoms with Crippen molar-refractivity contribution in [3.63, 3.8) is 0 Å². The highest BCUT2D eigenvalue weighted by molar-refractivity contribution is 7.91. The van der Waals surface area contributed by atoms with Gasteiger partial charge >= 0.3 is 0 Å². The van der Waals surface area contributed by atoms with Crippen molar-refractivity contribution >= 4 is 41.8 Å². The second-order valence-electron chi connectivity index (χ2n) is 8.74. The van der Waals surface area contributed by atoms with Gasteiger partial charge in [0.2, 0.25) is 10.8 Å². The Hall–Kier alpha value is -1.44. The Morgan fingerprint density at radius 1 is 1.07 bits per heavy atom. The lowest BCUT2D eigenvalue weighted by atomic mass is 9.63. The first-order valence-corrected chi connectivity index (χ1v) is 12.9. The van der Waals surface area contributed by atoms with E-state index in [1.165, 1.54) is 38.3 Å². The van der Waals surface area contributed by atoms with E-state index in [0.717, 1.165) is 59.7 Å². The number of halogens is 1. The number of aromatic nitrogens is 2. The van der Waals surface area contributed by atoms with Gasteiger partial charge in [0.25, 0.3) is 0 Å². The average Bonchev–Trinajstić information content (AvgIpc) is 3.16. The lowest BCUT2D eigenvalue weighted by molar-refractivity contribution is 0.498. The number of piperidine rings is 1. The van der Waals surface area contributed by atoms with Crippen molar-refractivity contribution in [2.24, 2.45) is 0 Å². The molecule has 5 rings (SSSR count). The molecular formula is C22H28BClN4OS. The number of fused-ring (bicyclic) bond motifs is 1. The third-order valence-electron chi connectivity index (χ3n) is 6.74. The first kappa shape index (κ1) is 20.5. The quantitative estimate of drug-likeness (QED) is 0.572. The molecule has 1 atom stereocenters. The fraction of sp³-hybridized carbons (Fsp3) is 0.545. The highest BCUT2D eigenvalue weighted by Crippen LogP contribution is 2.35. The fourth-order valence-corrected chi connectivity index (χ4v) is 6.45. The first-order valence-electron chi connectivity index (χ1n) is 11.2. The van der Waals surface area contributed by atoms with Gasteiger partial charge in [0, 0.05) is 30.6 Å². The Morgan fingerprint density at radius 3 is 2.53 bits per heavy atom. The van der Waals surface area contributed by atoms with Gasteiger partial charge in [-0.15, -0.1) is 0 Å². The molecule has 1 aromatic heterocycles. The summed E-state index contributed by atoms with van der Waals surface area (Å²) in [6.45, 7) is 1.88. The minimum absolute atomic E-state index is 0.443. The molecule has 0 saturated carbocycles. The monoisotopic (exact) mass is 442 g/mol. The molecule has 2 aromatic rings. The van der Waals surface area contributed by atoms with Gasteiger partial charge in [-0.2, -0.15) is 4.98 Å². The fourth-order valence-electron chi connectivity index (χ4n) is 5.01. The molecule has 4 heterocycles. The summed E-state index contributed by atoms with van der Waals surface area (Å²) >= 11 is 5.07. The Kier molecular flexibility index (Phi) is 6.12. The van der Waals surface area contributed by atoms with Gasteiger partial charge in [0.1, 0.15) is 18.7 Å². The Bertz CT molecular complexity index is 885. The van der Waals surface area contributed by atoms with Crippen molar-refractivity contribution in [1.29, 1.82) is 0 Å². The Balaban J connectivity index is 1.33. The van der Waals surface area contributed by atoms with E-state index in [2.05, 4.69) is 22.3 Å². The van der Waals surface area contributed by atoms with Crippen LogP contribution >= 0.6 is 11.6 Å². The maximum atomic E-state index is 12.6. The summed E-state index contributed by atoms with van der Waals surface area (Å²) in [5.74, 6) is 2.86. The highest BCUT2D eigenvalue weighted by atomic mass is 35.5. The van der Waals surface area contributed by atoms with E-state index in [1.54, 1.807) is 0 Å². The van der Waals surface area contributed by atoms with Gasteiger partial charge in [0.15, 0.2) is 5.82 Å². The van der Waals surface area contributed by atoms with Crippen LogP contribution in [0.3, 0.4) is 0 Å². The number of hydrogen-bond acceptors (Lipinski definition) is 5. The number of anilines is 2. The van der Waals surface area contributed by atoms with E-state index < -0.39 is 11.2 Å². The van der Waals surface area contributed by atoms with Crippen LogP contribution in [-0.2, 0) is 17.6 Å². The largest absolute Gasteiger partial charge is 0.611 e. The molecule has 0 bridgehead atoms. The number of hydrogen-bond donors (Lipinski definition) is 1. The number of nitrogens with zero attached hydrogens (tertiary/aromatic N) is 3. The summed E-state index contributed by atoms with van der Waals surface area (Å²) in [5, 5.41) is 4.44. The Labute approximate surface area is 187 Å². The summed E-state index contributed by atoms with van der Waals surface area (Å²) in [6, 6.07) is 8.71. The van der Waals surface area contributed by atoms with E-state index in [1.807, 2.05) is 12.1 Å². The molecule has 1 aromatic carbocycles. The van der Waals surface area contributed by atoms with Gasteiger partial charge in [-0.25, -0.2) is 4.98 Å². The number of rotatable bonds is 4. The molecule has 0 radical (unpaired) electrons.